The zero-order valence-electron chi connectivity index (χ0n) is 19.3. The molecule has 2 aliphatic heterocycles. The molecule has 0 spiro atoms. The molecule has 170 valence electrons. The average molecular weight is 448 g/mol. The Bertz CT molecular complexity index is 1230. The molecule has 34 heavy (non-hydrogen) atoms. The average Bonchev–Trinajstić information content (AvgIpc) is 3.20. The van der Waals surface area contributed by atoms with E-state index < -0.39 is 0 Å². The third-order valence-corrected chi connectivity index (χ3v) is 7.70. The second kappa shape index (κ2) is 8.64. The van der Waals surface area contributed by atoms with Crippen LogP contribution in [0.5, 0.6) is 0 Å². The van der Waals surface area contributed by atoms with E-state index in [1.165, 1.54) is 33.4 Å². The second-order valence-electron chi connectivity index (χ2n) is 9.59. The van der Waals surface area contributed by atoms with Crippen molar-refractivity contribution in [2.24, 2.45) is 0 Å². The molecule has 2 heterocycles. The number of fused-ring (bicyclic) bond motifs is 5. The molecule has 0 N–H and O–H groups in total. The van der Waals surface area contributed by atoms with Gasteiger partial charge in [0.15, 0.2) is 0 Å². The lowest BCUT2D eigenvalue weighted by Gasteiger charge is -2.44. The van der Waals surface area contributed by atoms with Gasteiger partial charge in [0.25, 0.3) is 0 Å². The molecular formula is C31H29NO2. The molecular weight excluding hydrogens is 418 g/mol. The van der Waals surface area contributed by atoms with Crippen molar-refractivity contribution in [3.05, 3.63) is 108 Å². The number of nitrogens with zero attached hydrogens (tertiary/aromatic N) is 1. The van der Waals surface area contributed by atoms with Crippen LogP contribution in [0.1, 0.15) is 53.9 Å². The number of hydrogen-bond acceptors (Lipinski definition) is 2. The highest BCUT2D eigenvalue weighted by Crippen LogP contribution is 2.45. The normalized spacial score (nSPS) is 20.8. The smallest absolute Gasteiger partial charge is 0.410 e. The first kappa shape index (κ1) is 21.0. The summed E-state index contributed by atoms with van der Waals surface area (Å²) in [5.74, 6) is 0.0930. The number of piperidine rings is 1. The summed E-state index contributed by atoms with van der Waals surface area (Å²) in [5, 5.41) is 0. The predicted molar refractivity (Wildman–Crippen MR) is 137 cm³/mol. The van der Waals surface area contributed by atoms with E-state index >= 15 is 0 Å². The summed E-state index contributed by atoms with van der Waals surface area (Å²) >= 11 is 0. The lowest BCUT2D eigenvalue weighted by atomic mass is 9.83. The number of ether oxygens (including phenoxy) is 1. The first-order valence-electron chi connectivity index (χ1n) is 12.3. The SMILES string of the molecule is C=Cc1ccc(C2=CC3CCCC(C2)N3C(=O)OCC2c3ccccc3-c3ccccc32)cc1. The highest BCUT2D eigenvalue weighted by molar-refractivity contribution is 5.79. The molecule has 3 aromatic rings. The van der Waals surface area contributed by atoms with Crippen LogP contribution in [-0.4, -0.2) is 29.7 Å². The number of rotatable bonds is 4. The Morgan fingerprint density at radius 3 is 2.26 bits per heavy atom. The van der Waals surface area contributed by atoms with Gasteiger partial charge in [-0.15, -0.1) is 0 Å². The largest absolute Gasteiger partial charge is 0.448 e. The molecule has 1 fully saturated rings. The van der Waals surface area contributed by atoms with Gasteiger partial charge in [0.1, 0.15) is 6.61 Å². The molecule has 1 aliphatic carbocycles. The van der Waals surface area contributed by atoms with E-state index in [4.69, 9.17) is 4.74 Å². The van der Waals surface area contributed by atoms with Gasteiger partial charge in [-0.1, -0.05) is 91.5 Å². The molecule has 0 saturated carbocycles. The lowest BCUT2D eigenvalue weighted by molar-refractivity contribution is 0.0539. The lowest BCUT2D eigenvalue weighted by Crippen LogP contribution is -2.51. The third-order valence-electron chi connectivity index (χ3n) is 7.70. The summed E-state index contributed by atoms with van der Waals surface area (Å²) in [6, 6.07) is 25.8. The van der Waals surface area contributed by atoms with Crippen LogP contribution in [0.4, 0.5) is 4.79 Å². The maximum atomic E-state index is 13.4. The van der Waals surface area contributed by atoms with Crippen molar-refractivity contribution in [2.75, 3.05) is 6.61 Å². The van der Waals surface area contributed by atoms with Crippen LogP contribution < -0.4 is 0 Å². The van der Waals surface area contributed by atoms with Gasteiger partial charge in [-0.3, -0.25) is 4.90 Å². The van der Waals surface area contributed by atoms with Crippen molar-refractivity contribution < 1.29 is 9.53 Å². The van der Waals surface area contributed by atoms with Gasteiger partial charge in [0, 0.05) is 12.0 Å². The number of carbonyl (C=O) groups is 1. The molecule has 1 saturated heterocycles. The Hall–Kier alpha value is -3.59. The van der Waals surface area contributed by atoms with Gasteiger partial charge >= 0.3 is 6.09 Å². The topological polar surface area (TPSA) is 29.5 Å². The summed E-state index contributed by atoms with van der Waals surface area (Å²) in [6.07, 6.45) is 8.05. The molecule has 2 atom stereocenters. The molecule has 1 amide bonds. The predicted octanol–water partition coefficient (Wildman–Crippen LogP) is 7.29. The van der Waals surface area contributed by atoms with Gasteiger partial charge in [-0.05, 0) is 64.6 Å². The van der Waals surface area contributed by atoms with E-state index in [1.54, 1.807) is 0 Å². The third kappa shape index (κ3) is 3.56. The van der Waals surface area contributed by atoms with Gasteiger partial charge in [0.2, 0.25) is 0 Å². The summed E-state index contributed by atoms with van der Waals surface area (Å²) < 4.78 is 6.03. The van der Waals surface area contributed by atoms with E-state index in [0.717, 1.165) is 31.2 Å². The molecule has 2 unspecified atom stereocenters. The van der Waals surface area contributed by atoms with Crippen molar-refractivity contribution in [3.63, 3.8) is 0 Å². The van der Waals surface area contributed by atoms with E-state index in [2.05, 4.69) is 85.5 Å². The van der Waals surface area contributed by atoms with Crippen LogP contribution in [-0.2, 0) is 4.74 Å². The maximum absolute atomic E-state index is 13.4. The summed E-state index contributed by atoms with van der Waals surface area (Å²) in [4.78, 5) is 15.4. The van der Waals surface area contributed by atoms with Crippen molar-refractivity contribution in [3.8, 4) is 11.1 Å². The standard InChI is InChI=1S/C31H29NO2/c1-2-21-14-16-22(17-15-21)23-18-24-8-7-9-25(19-23)32(24)31(33)34-20-30-28-12-5-3-10-26(28)27-11-4-6-13-29(27)30/h2-6,10-18,24-25,30H,1,7-9,19-20H2. The van der Waals surface area contributed by atoms with Gasteiger partial charge in [-0.25, -0.2) is 4.79 Å². The summed E-state index contributed by atoms with van der Waals surface area (Å²) in [5.41, 5.74) is 8.72. The van der Waals surface area contributed by atoms with Gasteiger partial charge in [-0.2, -0.15) is 0 Å². The molecule has 0 aromatic heterocycles. The Morgan fingerprint density at radius 1 is 0.941 bits per heavy atom. The number of amides is 1. The van der Waals surface area contributed by atoms with E-state index in [1.807, 2.05) is 11.0 Å². The van der Waals surface area contributed by atoms with Crippen molar-refractivity contribution in [1.82, 2.24) is 4.90 Å². The van der Waals surface area contributed by atoms with Crippen LogP contribution in [0.2, 0.25) is 0 Å². The number of hydrogen-bond donors (Lipinski definition) is 0. The van der Waals surface area contributed by atoms with Crippen LogP contribution in [0.25, 0.3) is 22.8 Å². The Labute approximate surface area is 201 Å². The fraction of sp³-hybridized carbons (Fsp3) is 0.258. The second-order valence-corrected chi connectivity index (χ2v) is 9.59. The highest BCUT2D eigenvalue weighted by atomic mass is 16.6. The minimum atomic E-state index is -0.172. The number of benzene rings is 3. The van der Waals surface area contributed by atoms with Crippen LogP contribution in [0, 0.1) is 0 Å². The van der Waals surface area contributed by atoms with Crippen LogP contribution >= 0.6 is 0 Å². The zero-order chi connectivity index (χ0) is 23.1. The molecule has 6 rings (SSSR count). The first-order chi connectivity index (χ1) is 16.7. The molecule has 3 heteroatoms. The van der Waals surface area contributed by atoms with E-state index in [-0.39, 0.29) is 24.1 Å². The van der Waals surface area contributed by atoms with Crippen molar-refractivity contribution in [2.45, 2.75) is 43.7 Å². The molecule has 3 nitrogen and oxygen atoms in total. The number of carbonyl (C=O) groups excluding carboxylic acids is 1. The molecule has 3 aromatic carbocycles. The van der Waals surface area contributed by atoms with Crippen molar-refractivity contribution in [1.29, 1.82) is 0 Å². The van der Waals surface area contributed by atoms with Crippen LogP contribution in [0.15, 0.2) is 85.5 Å². The minimum Gasteiger partial charge on any atom is -0.448 e. The monoisotopic (exact) mass is 447 g/mol. The van der Waals surface area contributed by atoms with Gasteiger partial charge < -0.3 is 4.74 Å². The first-order valence-corrected chi connectivity index (χ1v) is 12.3. The van der Waals surface area contributed by atoms with E-state index in [0.29, 0.717) is 6.61 Å². The fourth-order valence-corrected chi connectivity index (χ4v) is 6.03. The Kier molecular flexibility index (Phi) is 5.33. The minimum absolute atomic E-state index is 0.0930. The summed E-state index contributed by atoms with van der Waals surface area (Å²) in [6.45, 7) is 4.22. The quantitative estimate of drug-likeness (QED) is 0.420. The van der Waals surface area contributed by atoms with Gasteiger partial charge in [0.05, 0.1) is 6.04 Å². The molecule has 2 bridgehead atoms. The zero-order valence-corrected chi connectivity index (χ0v) is 19.3. The fourth-order valence-electron chi connectivity index (χ4n) is 6.03. The molecule has 3 aliphatic rings. The maximum Gasteiger partial charge on any atom is 0.410 e. The highest BCUT2D eigenvalue weighted by Gasteiger charge is 2.39. The summed E-state index contributed by atoms with van der Waals surface area (Å²) in [7, 11) is 0. The Morgan fingerprint density at radius 2 is 1.62 bits per heavy atom. The molecule has 0 radical (unpaired) electrons. The van der Waals surface area contributed by atoms with Crippen molar-refractivity contribution >= 4 is 17.7 Å². The Balaban J connectivity index is 1.21. The van der Waals surface area contributed by atoms with E-state index in [9.17, 15) is 4.79 Å². The van der Waals surface area contributed by atoms with Crippen LogP contribution in [0.3, 0.4) is 0 Å².